The molecule has 1 saturated heterocycles. The molecule has 2 aromatic heterocycles. The van der Waals surface area contributed by atoms with Crippen LogP contribution in [0.2, 0.25) is 0 Å². The Morgan fingerprint density at radius 1 is 0.857 bits per heavy atom. The van der Waals surface area contributed by atoms with E-state index in [1.807, 2.05) is 6.07 Å². The molecule has 1 aliphatic rings. The molecule has 0 atom stereocenters. The maximum atomic E-state index is 13.2. The highest BCUT2D eigenvalue weighted by molar-refractivity contribution is 7.89. The second-order valence-electron chi connectivity index (χ2n) is 10.7. The Bertz CT molecular complexity index is 1880. The van der Waals surface area contributed by atoms with E-state index in [1.54, 1.807) is 46.8 Å². The average molecular weight is 582 g/mol. The number of fused-ring (bicyclic) bond motifs is 1. The fraction of sp³-hybridized carbons (Fsp3) is 0.219. The Morgan fingerprint density at radius 2 is 1.55 bits per heavy atom. The van der Waals surface area contributed by atoms with E-state index in [4.69, 9.17) is 4.98 Å². The lowest BCUT2D eigenvalue weighted by molar-refractivity contribution is -0.384. The molecule has 0 amide bonds. The van der Waals surface area contributed by atoms with Gasteiger partial charge in [0, 0.05) is 56.6 Å². The van der Waals surface area contributed by atoms with Crippen LogP contribution in [0, 0.1) is 24.0 Å². The molecule has 0 spiro atoms. The van der Waals surface area contributed by atoms with Crippen molar-refractivity contribution in [1.82, 2.24) is 18.6 Å². The maximum Gasteiger partial charge on any atom is 0.269 e. The number of rotatable bonds is 7. The van der Waals surface area contributed by atoms with E-state index in [2.05, 4.69) is 53.6 Å². The lowest BCUT2D eigenvalue weighted by atomic mass is 10.00. The zero-order chi connectivity index (χ0) is 29.4. The standard InChI is InChI=1S/C32H31N5O4S/c1-23-8-9-24(2)29(20-23)26-12-15-31-33-32(25-10-13-27(14-11-25)37(38)39)30(36(31)21-26)22-34-16-18-35(19-17-34)42(40,41)28-6-4-3-5-7-28/h3-15,20-21H,16-19,22H2,1-2H3. The summed E-state index contributed by atoms with van der Waals surface area (Å²) in [6.07, 6.45) is 2.10. The highest BCUT2D eigenvalue weighted by Gasteiger charge is 2.29. The van der Waals surface area contributed by atoms with Gasteiger partial charge >= 0.3 is 0 Å². The Hall–Kier alpha value is -4.38. The molecule has 0 unspecified atom stereocenters. The van der Waals surface area contributed by atoms with Crippen LogP contribution in [0.5, 0.6) is 0 Å². The highest BCUT2D eigenvalue weighted by Crippen LogP contribution is 2.31. The average Bonchev–Trinajstić information content (AvgIpc) is 3.36. The lowest BCUT2D eigenvalue weighted by Crippen LogP contribution is -2.48. The first-order chi connectivity index (χ1) is 20.2. The van der Waals surface area contributed by atoms with Crippen molar-refractivity contribution < 1.29 is 13.3 Å². The van der Waals surface area contributed by atoms with Crippen LogP contribution in [0.1, 0.15) is 16.8 Å². The quantitative estimate of drug-likeness (QED) is 0.181. The fourth-order valence-electron chi connectivity index (χ4n) is 5.50. The summed E-state index contributed by atoms with van der Waals surface area (Å²) in [6, 6.07) is 25.5. The molecule has 5 aromatic rings. The summed E-state index contributed by atoms with van der Waals surface area (Å²) >= 11 is 0. The minimum Gasteiger partial charge on any atom is -0.301 e. The monoisotopic (exact) mass is 581 g/mol. The number of piperazine rings is 1. The number of non-ortho nitro benzene ring substituents is 1. The van der Waals surface area contributed by atoms with E-state index in [9.17, 15) is 18.5 Å². The van der Waals surface area contributed by atoms with E-state index >= 15 is 0 Å². The number of benzene rings is 3. The van der Waals surface area contributed by atoms with Gasteiger partial charge in [-0.2, -0.15) is 4.31 Å². The highest BCUT2D eigenvalue weighted by atomic mass is 32.2. The summed E-state index contributed by atoms with van der Waals surface area (Å²) in [5, 5.41) is 11.3. The molecule has 0 aliphatic carbocycles. The summed E-state index contributed by atoms with van der Waals surface area (Å²) in [6.45, 7) is 6.62. The minimum atomic E-state index is -3.55. The summed E-state index contributed by atoms with van der Waals surface area (Å²) in [4.78, 5) is 18.3. The molecule has 0 N–H and O–H groups in total. The van der Waals surface area contributed by atoms with Gasteiger partial charge in [-0.05, 0) is 66.9 Å². The number of pyridine rings is 1. The largest absolute Gasteiger partial charge is 0.301 e. The van der Waals surface area contributed by atoms with Gasteiger partial charge in [-0.3, -0.25) is 15.0 Å². The normalized spacial score (nSPS) is 14.8. The van der Waals surface area contributed by atoms with E-state index in [0.29, 0.717) is 37.6 Å². The molecule has 1 aliphatic heterocycles. The van der Waals surface area contributed by atoms with Gasteiger partial charge in [0.25, 0.3) is 5.69 Å². The first-order valence-corrected chi connectivity index (χ1v) is 15.3. The SMILES string of the molecule is Cc1ccc(C)c(-c2ccc3nc(-c4ccc([N+](=O)[O-])cc4)c(CN4CCN(S(=O)(=O)c5ccccc5)CC4)n3c2)c1. The van der Waals surface area contributed by atoms with Gasteiger partial charge in [-0.25, -0.2) is 13.4 Å². The lowest BCUT2D eigenvalue weighted by Gasteiger charge is -2.34. The van der Waals surface area contributed by atoms with Crippen LogP contribution >= 0.6 is 0 Å². The van der Waals surface area contributed by atoms with Crippen molar-refractivity contribution in [3.05, 3.63) is 118 Å². The van der Waals surface area contributed by atoms with Crippen LogP contribution in [-0.4, -0.2) is 58.1 Å². The predicted octanol–water partition coefficient (Wildman–Crippen LogP) is 5.70. The smallest absolute Gasteiger partial charge is 0.269 e. The second-order valence-corrected chi connectivity index (χ2v) is 12.6. The van der Waals surface area contributed by atoms with Crippen LogP contribution in [0.15, 0.2) is 96.0 Å². The van der Waals surface area contributed by atoms with E-state index in [1.165, 1.54) is 23.3 Å². The van der Waals surface area contributed by atoms with E-state index in [-0.39, 0.29) is 5.69 Å². The van der Waals surface area contributed by atoms with Crippen molar-refractivity contribution in [2.75, 3.05) is 26.2 Å². The van der Waals surface area contributed by atoms with Crippen LogP contribution in [0.4, 0.5) is 5.69 Å². The molecule has 3 heterocycles. The van der Waals surface area contributed by atoms with Crippen molar-refractivity contribution >= 4 is 21.4 Å². The molecule has 6 rings (SSSR count). The summed E-state index contributed by atoms with van der Waals surface area (Å²) in [5.74, 6) is 0. The number of nitro benzene ring substituents is 1. The zero-order valence-corrected chi connectivity index (χ0v) is 24.3. The molecule has 0 radical (unpaired) electrons. The second kappa shape index (κ2) is 11.1. The third-order valence-electron chi connectivity index (χ3n) is 7.86. The van der Waals surface area contributed by atoms with E-state index in [0.717, 1.165) is 33.7 Å². The number of aromatic nitrogens is 2. The van der Waals surface area contributed by atoms with Gasteiger partial charge in [0.15, 0.2) is 0 Å². The molecule has 10 heteroatoms. The van der Waals surface area contributed by atoms with Crippen LogP contribution in [-0.2, 0) is 16.6 Å². The third kappa shape index (κ3) is 5.32. The molecule has 0 bridgehead atoms. The number of aryl methyl sites for hydroxylation is 2. The van der Waals surface area contributed by atoms with Gasteiger partial charge < -0.3 is 4.40 Å². The number of hydrogen-bond acceptors (Lipinski definition) is 6. The maximum absolute atomic E-state index is 13.2. The number of imidazole rings is 1. The number of nitro groups is 1. The minimum absolute atomic E-state index is 0.0250. The summed E-state index contributed by atoms with van der Waals surface area (Å²) in [7, 11) is -3.55. The Labute approximate surface area is 244 Å². The zero-order valence-electron chi connectivity index (χ0n) is 23.5. The van der Waals surface area contributed by atoms with Crippen molar-refractivity contribution in [3.8, 4) is 22.4 Å². The van der Waals surface area contributed by atoms with E-state index < -0.39 is 14.9 Å². The predicted molar refractivity (Wildman–Crippen MR) is 163 cm³/mol. The molecule has 42 heavy (non-hydrogen) atoms. The fourth-order valence-corrected chi connectivity index (χ4v) is 6.95. The number of nitrogens with zero attached hydrogens (tertiary/aromatic N) is 5. The molecule has 214 valence electrons. The van der Waals surface area contributed by atoms with Crippen molar-refractivity contribution in [1.29, 1.82) is 0 Å². The summed E-state index contributed by atoms with van der Waals surface area (Å²) in [5.41, 5.74) is 7.86. The molecule has 1 fully saturated rings. The molecular weight excluding hydrogens is 550 g/mol. The topological polar surface area (TPSA) is 101 Å². The Morgan fingerprint density at radius 3 is 2.24 bits per heavy atom. The molecule has 3 aromatic carbocycles. The van der Waals surface area contributed by atoms with Gasteiger partial charge in [-0.15, -0.1) is 0 Å². The first-order valence-electron chi connectivity index (χ1n) is 13.8. The van der Waals surface area contributed by atoms with Crippen molar-refractivity contribution in [3.63, 3.8) is 0 Å². The molecule has 9 nitrogen and oxygen atoms in total. The van der Waals surface area contributed by atoms with Gasteiger partial charge in [-0.1, -0.05) is 42.0 Å². The Kier molecular flexibility index (Phi) is 7.36. The number of hydrogen-bond donors (Lipinski definition) is 0. The first kappa shape index (κ1) is 27.8. The van der Waals surface area contributed by atoms with Crippen LogP contribution in [0.25, 0.3) is 28.0 Å². The third-order valence-corrected chi connectivity index (χ3v) is 9.77. The van der Waals surface area contributed by atoms with Gasteiger partial charge in [0.05, 0.1) is 21.2 Å². The van der Waals surface area contributed by atoms with Crippen molar-refractivity contribution in [2.24, 2.45) is 0 Å². The molecule has 0 saturated carbocycles. The van der Waals surface area contributed by atoms with Crippen LogP contribution < -0.4 is 0 Å². The van der Waals surface area contributed by atoms with Gasteiger partial charge in [0.2, 0.25) is 10.0 Å². The van der Waals surface area contributed by atoms with Crippen molar-refractivity contribution in [2.45, 2.75) is 25.3 Å². The van der Waals surface area contributed by atoms with Gasteiger partial charge in [0.1, 0.15) is 5.65 Å². The Balaban J connectivity index is 1.35. The van der Waals surface area contributed by atoms with Crippen LogP contribution in [0.3, 0.4) is 0 Å². The number of sulfonamides is 1. The molecular formula is C32H31N5O4S. The summed E-state index contributed by atoms with van der Waals surface area (Å²) < 4.78 is 30.0.